The number of likely N-dealkylation sites (tertiary alicyclic amines) is 2. The molecule has 2 heterocycles. The maximum absolute atomic E-state index is 13.7. The van der Waals surface area contributed by atoms with Crippen molar-refractivity contribution in [3.05, 3.63) is 35.1 Å². The van der Waals surface area contributed by atoms with Crippen LogP contribution in [0.15, 0.2) is 23.2 Å². The molecule has 2 N–H and O–H groups in total. The minimum absolute atomic E-state index is 0.174. The highest BCUT2D eigenvalue weighted by Crippen LogP contribution is 2.30. The van der Waals surface area contributed by atoms with Crippen LogP contribution < -0.4 is 10.6 Å². The van der Waals surface area contributed by atoms with Gasteiger partial charge in [0.25, 0.3) is 0 Å². The number of guanidine groups is 1. The quantitative estimate of drug-likeness (QED) is 0.468. The van der Waals surface area contributed by atoms with E-state index in [0.29, 0.717) is 6.54 Å². The molecule has 2 saturated heterocycles. The van der Waals surface area contributed by atoms with Crippen LogP contribution in [0, 0.1) is 5.82 Å². The average Bonchev–Trinajstić information content (AvgIpc) is 2.79. The average molecular weight is 450 g/mol. The third kappa shape index (κ3) is 6.83. The molecular formula is C24H40FN5S. The van der Waals surface area contributed by atoms with E-state index in [0.717, 1.165) is 49.0 Å². The van der Waals surface area contributed by atoms with E-state index in [-0.39, 0.29) is 11.4 Å². The molecule has 0 aromatic heterocycles. The predicted octanol–water partition coefficient (Wildman–Crippen LogP) is 3.69. The predicted molar refractivity (Wildman–Crippen MR) is 131 cm³/mol. The van der Waals surface area contributed by atoms with E-state index in [1.807, 2.05) is 12.3 Å². The molecular weight excluding hydrogens is 409 g/mol. The molecule has 0 aliphatic carbocycles. The number of nitrogens with one attached hydrogen (secondary N) is 2. The normalized spacial score (nSPS) is 20.6. The number of piperidine rings is 2. The summed E-state index contributed by atoms with van der Waals surface area (Å²) in [5, 5.41) is 7.09. The molecule has 1 aromatic rings. The number of nitrogens with zero attached hydrogens (tertiary/aromatic N) is 3. The topological polar surface area (TPSA) is 42.9 Å². The smallest absolute Gasteiger partial charge is 0.191 e. The fourth-order valence-corrected chi connectivity index (χ4v) is 5.38. The fraction of sp³-hybridized carbons (Fsp3) is 0.708. The van der Waals surface area contributed by atoms with E-state index >= 15 is 0 Å². The minimum Gasteiger partial charge on any atom is -0.357 e. The van der Waals surface area contributed by atoms with E-state index in [1.54, 1.807) is 23.9 Å². The van der Waals surface area contributed by atoms with Crippen molar-refractivity contribution in [3.8, 4) is 0 Å². The Hall–Kier alpha value is -1.31. The van der Waals surface area contributed by atoms with Crippen LogP contribution in [0.3, 0.4) is 0 Å². The SMILES string of the molecule is CCNC(=NCc1ccc(F)cc1CSC)NCC1(N2CCCCC2)CCN(C)CC1. The first-order valence-corrected chi connectivity index (χ1v) is 13.2. The molecule has 2 fully saturated rings. The third-order valence-electron chi connectivity index (χ3n) is 6.75. The Labute approximate surface area is 192 Å². The van der Waals surface area contributed by atoms with Crippen LogP contribution in [-0.4, -0.2) is 73.9 Å². The Kier molecular flexibility index (Phi) is 9.48. The molecule has 3 rings (SSSR count). The van der Waals surface area contributed by atoms with Crippen molar-refractivity contribution >= 4 is 17.7 Å². The second-order valence-electron chi connectivity index (χ2n) is 8.97. The summed E-state index contributed by atoms with van der Waals surface area (Å²) >= 11 is 1.71. The molecule has 0 saturated carbocycles. The molecule has 0 atom stereocenters. The molecule has 2 aliphatic heterocycles. The van der Waals surface area contributed by atoms with Crippen LogP contribution >= 0.6 is 11.8 Å². The Morgan fingerprint density at radius 2 is 1.84 bits per heavy atom. The summed E-state index contributed by atoms with van der Waals surface area (Å²) in [7, 11) is 2.23. The third-order valence-corrected chi connectivity index (χ3v) is 7.35. The molecule has 0 amide bonds. The number of hydrogen-bond donors (Lipinski definition) is 2. The number of rotatable bonds is 8. The largest absolute Gasteiger partial charge is 0.357 e. The Bertz CT molecular complexity index is 712. The molecule has 0 radical (unpaired) electrons. The van der Waals surface area contributed by atoms with Crippen molar-refractivity contribution in [1.82, 2.24) is 20.4 Å². The molecule has 174 valence electrons. The maximum Gasteiger partial charge on any atom is 0.191 e. The lowest BCUT2D eigenvalue weighted by atomic mass is 9.84. The lowest BCUT2D eigenvalue weighted by molar-refractivity contribution is 0.0173. The van der Waals surface area contributed by atoms with Gasteiger partial charge in [-0.3, -0.25) is 4.90 Å². The minimum atomic E-state index is -0.174. The number of benzene rings is 1. The monoisotopic (exact) mass is 449 g/mol. The highest BCUT2D eigenvalue weighted by atomic mass is 32.2. The Morgan fingerprint density at radius 3 is 2.52 bits per heavy atom. The zero-order valence-electron chi connectivity index (χ0n) is 19.6. The number of halogens is 1. The summed E-state index contributed by atoms with van der Waals surface area (Å²) in [4.78, 5) is 10.1. The number of hydrogen-bond acceptors (Lipinski definition) is 4. The van der Waals surface area contributed by atoms with Gasteiger partial charge in [-0.2, -0.15) is 11.8 Å². The zero-order chi connectivity index (χ0) is 22.1. The van der Waals surface area contributed by atoms with Crippen LogP contribution in [0.2, 0.25) is 0 Å². The summed E-state index contributed by atoms with van der Waals surface area (Å²) in [6.07, 6.45) is 8.44. The second-order valence-corrected chi connectivity index (χ2v) is 9.84. The van der Waals surface area contributed by atoms with Crippen LogP contribution in [0.25, 0.3) is 0 Å². The van der Waals surface area contributed by atoms with Crippen molar-refractivity contribution < 1.29 is 4.39 Å². The molecule has 31 heavy (non-hydrogen) atoms. The summed E-state index contributed by atoms with van der Waals surface area (Å²) in [5.41, 5.74) is 2.34. The first kappa shape index (κ1) is 24.3. The van der Waals surface area contributed by atoms with E-state index < -0.39 is 0 Å². The molecule has 0 unspecified atom stereocenters. The lowest BCUT2D eigenvalue weighted by Gasteiger charge is -2.50. The van der Waals surface area contributed by atoms with E-state index in [1.165, 1.54) is 45.2 Å². The first-order valence-electron chi connectivity index (χ1n) is 11.8. The van der Waals surface area contributed by atoms with Crippen LogP contribution in [-0.2, 0) is 12.3 Å². The van der Waals surface area contributed by atoms with E-state index in [4.69, 9.17) is 4.99 Å². The van der Waals surface area contributed by atoms with E-state index in [2.05, 4.69) is 34.4 Å². The van der Waals surface area contributed by atoms with Gasteiger partial charge in [0.2, 0.25) is 0 Å². The van der Waals surface area contributed by atoms with Gasteiger partial charge in [-0.05, 0) is 95.3 Å². The fourth-order valence-electron chi connectivity index (χ4n) is 4.80. The van der Waals surface area contributed by atoms with Crippen molar-refractivity contribution in [2.75, 3.05) is 52.6 Å². The van der Waals surface area contributed by atoms with Crippen molar-refractivity contribution in [2.45, 2.75) is 56.9 Å². The number of aliphatic imine (C=N–C) groups is 1. The molecule has 2 aliphatic rings. The molecule has 5 nitrogen and oxygen atoms in total. The molecule has 0 bridgehead atoms. The summed E-state index contributed by atoms with van der Waals surface area (Å²) in [5.74, 6) is 1.49. The van der Waals surface area contributed by atoms with Crippen molar-refractivity contribution in [2.24, 2.45) is 4.99 Å². The second kappa shape index (κ2) is 12.1. The Balaban J connectivity index is 1.70. The summed E-state index contributed by atoms with van der Waals surface area (Å²) in [6.45, 7) is 9.15. The van der Waals surface area contributed by atoms with Gasteiger partial charge in [0.05, 0.1) is 6.54 Å². The first-order chi connectivity index (χ1) is 15.1. The summed E-state index contributed by atoms with van der Waals surface area (Å²) < 4.78 is 13.7. The van der Waals surface area contributed by atoms with Gasteiger partial charge >= 0.3 is 0 Å². The van der Waals surface area contributed by atoms with E-state index in [9.17, 15) is 4.39 Å². The maximum atomic E-state index is 13.7. The van der Waals surface area contributed by atoms with Crippen molar-refractivity contribution in [3.63, 3.8) is 0 Å². The highest BCUT2D eigenvalue weighted by molar-refractivity contribution is 7.97. The molecule has 0 spiro atoms. The number of thioether (sulfide) groups is 1. The standard InChI is InChI=1S/C24H40FN5S/c1-4-26-23(27-17-20-8-9-22(25)16-21(20)18-31-3)28-19-24(10-14-29(2)15-11-24)30-12-6-5-7-13-30/h8-9,16H,4-7,10-15,17-19H2,1-3H3,(H2,26,27,28). The van der Waals surface area contributed by atoms with Gasteiger partial charge in [-0.1, -0.05) is 12.5 Å². The van der Waals surface area contributed by atoms with Crippen LogP contribution in [0.4, 0.5) is 4.39 Å². The van der Waals surface area contributed by atoms with Gasteiger partial charge < -0.3 is 15.5 Å². The van der Waals surface area contributed by atoms with Gasteiger partial charge in [0, 0.05) is 24.4 Å². The zero-order valence-corrected chi connectivity index (χ0v) is 20.4. The van der Waals surface area contributed by atoms with Gasteiger partial charge in [0.1, 0.15) is 5.82 Å². The van der Waals surface area contributed by atoms with Gasteiger partial charge in [-0.15, -0.1) is 0 Å². The Morgan fingerprint density at radius 1 is 1.10 bits per heavy atom. The molecule has 7 heteroatoms. The molecule has 1 aromatic carbocycles. The lowest BCUT2D eigenvalue weighted by Crippen LogP contribution is -2.62. The van der Waals surface area contributed by atoms with Crippen LogP contribution in [0.1, 0.15) is 50.2 Å². The van der Waals surface area contributed by atoms with Crippen LogP contribution in [0.5, 0.6) is 0 Å². The highest BCUT2D eigenvalue weighted by Gasteiger charge is 2.39. The van der Waals surface area contributed by atoms with Gasteiger partial charge in [0.15, 0.2) is 5.96 Å². The van der Waals surface area contributed by atoms with Gasteiger partial charge in [-0.25, -0.2) is 9.38 Å². The summed E-state index contributed by atoms with van der Waals surface area (Å²) in [6, 6.07) is 5.06. The van der Waals surface area contributed by atoms with Crippen molar-refractivity contribution in [1.29, 1.82) is 0 Å².